The van der Waals surface area contributed by atoms with E-state index in [0.717, 1.165) is 5.52 Å². The largest absolute Gasteiger partial charge is 0.367 e. The SMILES string of the molecule is Cn1c(-c2c[nH]ccc2=O)nc2cc(C#N)ccc21. The maximum absolute atomic E-state index is 11.8. The minimum atomic E-state index is -0.0855. The Hall–Kier alpha value is -2.87. The highest BCUT2D eigenvalue weighted by molar-refractivity contribution is 5.81. The molecule has 5 nitrogen and oxygen atoms in total. The summed E-state index contributed by atoms with van der Waals surface area (Å²) >= 11 is 0. The van der Waals surface area contributed by atoms with E-state index >= 15 is 0 Å². The lowest BCUT2D eigenvalue weighted by Crippen LogP contribution is -2.06. The average molecular weight is 250 g/mol. The van der Waals surface area contributed by atoms with Gasteiger partial charge in [-0.05, 0) is 18.2 Å². The maximum Gasteiger partial charge on any atom is 0.192 e. The van der Waals surface area contributed by atoms with Crippen LogP contribution in [0, 0.1) is 11.3 Å². The van der Waals surface area contributed by atoms with Gasteiger partial charge in [-0.15, -0.1) is 0 Å². The van der Waals surface area contributed by atoms with Crippen LogP contribution >= 0.6 is 0 Å². The van der Waals surface area contributed by atoms with Crippen molar-refractivity contribution in [3.05, 3.63) is 52.4 Å². The van der Waals surface area contributed by atoms with Gasteiger partial charge in [0, 0.05) is 25.5 Å². The molecule has 0 aliphatic rings. The van der Waals surface area contributed by atoms with Crippen molar-refractivity contribution in [2.75, 3.05) is 0 Å². The van der Waals surface area contributed by atoms with Gasteiger partial charge in [0.2, 0.25) is 0 Å². The van der Waals surface area contributed by atoms with Crippen LogP contribution in [0.2, 0.25) is 0 Å². The van der Waals surface area contributed by atoms with Crippen molar-refractivity contribution in [3.63, 3.8) is 0 Å². The molecule has 0 saturated heterocycles. The fourth-order valence-corrected chi connectivity index (χ4v) is 2.10. The van der Waals surface area contributed by atoms with E-state index in [9.17, 15) is 4.79 Å². The van der Waals surface area contributed by atoms with Crippen molar-refractivity contribution in [1.29, 1.82) is 5.26 Å². The number of aromatic amines is 1. The zero-order valence-corrected chi connectivity index (χ0v) is 10.2. The first kappa shape index (κ1) is 11.2. The fraction of sp³-hybridized carbons (Fsp3) is 0.0714. The van der Waals surface area contributed by atoms with E-state index in [1.54, 1.807) is 24.5 Å². The predicted octanol–water partition coefficient (Wildman–Crippen LogP) is 1.80. The van der Waals surface area contributed by atoms with Gasteiger partial charge in [0.25, 0.3) is 0 Å². The zero-order chi connectivity index (χ0) is 13.4. The van der Waals surface area contributed by atoms with E-state index in [4.69, 9.17) is 5.26 Å². The van der Waals surface area contributed by atoms with Crippen LogP contribution in [-0.4, -0.2) is 14.5 Å². The number of hydrogen-bond donors (Lipinski definition) is 1. The van der Waals surface area contributed by atoms with Gasteiger partial charge < -0.3 is 9.55 Å². The first-order valence-corrected chi connectivity index (χ1v) is 5.75. The van der Waals surface area contributed by atoms with Crippen LogP contribution in [0.15, 0.2) is 41.5 Å². The summed E-state index contributed by atoms with van der Waals surface area (Å²) in [5, 5.41) is 8.89. The molecule has 3 aromatic rings. The number of aromatic nitrogens is 3. The first-order valence-electron chi connectivity index (χ1n) is 5.75. The molecule has 0 atom stereocenters. The minimum Gasteiger partial charge on any atom is -0.367 e. The second-order valence-corrected chi connectivity index (χ2v) is 4.23. The highest BCUT2D eigenvalue weighted by Crippen LogP contribution is 2.21. The molecule has 0 aliphatic heterocycles. The lowest BCUT2D eigenvalue weighted by atomic mass is 10.2. The minimum absolute atomic E-state index is 0.0855. The van der Waals surface area contributed by atoms with Crippen molar-refractivity contribution in [3.8, 4) is 17.5 Å². The van der Waals surface area contributed by atoms with Gasteiger partial charge in [0.15, 0.2) is 5.43 Å². The number of imidazole rings is 1. The van der Waals surface area contributed by atoms with Crippen molar-refractivity contribution in [2.45, 2.75) is 0 Å². The molecule has 3 rings (SSSR count). The Morgan fingerprint density at radius 3 is 2.95 bits per heavy atom. The third-order valence-corrected chi connectivity index (χ3v) is 3.07. The van der Waals surface area contributed by atoms with E-state index < -0.39 is 0 Å². The van der Waals surface area contributed by atoms with Gasteiger partial charge in [-0.1, -0.05) is 0 Å². The number of nitriles is 1. The van der Waals surface area contributed by atoms with Crippen molar-refractivity contribution < 1.29 is 0 Å². The summed E-state index contributed by atoms with van der Waals surface area (Å²) in [4.78, 5) is 19.2. The third kappa shape index (κ3) is 1.70. The molecule has 0 unspecified atom stereocenters. The zero-order valence-electron chi connectivity index (χ0n) is 10.2. The second-order valence-electron chi connectivity index (χ2n) is 4.23. The van der Waals surface area contributed by atoms with Gasteiger partial charge in [-0.3, -0.25) is 4.79 Å². The molecule has 0 bridgehead atoms. The summed E-state index contributed by atoms with van der Waals surface area (Å²) in [6.07, 6.45) is 3.22. The number of rotatable bonds is 1. The van der Waals surface area contributed by atoms with E-state index in [0.29, 0.717) is 22.5 Å². The summed E-state index contributed by atoms with van der Waals surface area (Å²) in [6, 6.07) is 8.84. The summed E-state index contributed by atoms with van der Waals surface area (Å²) in [5.41, 5.74) is 2.58. The molecule has 19 heavy (non-hydrogen) atoms. The van der Waals surface area contributed by atoms with Gasteiger partial charge in [0.05, 0.1) is 28.2 Å². The van der Waals surface area contributed by atoms with Crippen LogP contribution in [0.3, 0.4) is 0 Å². The van der Waals surface area contributed by atoms with Gasteiger partial charge in [-0.2, -0.15) is 5.26 Å². The molecule has 0 spiro atoms. The lowest BCUT2D eigenvalue weighted by molar-refractivity contribution is 0.955. The van der Waals surface area contributed by atoms with Gasteiger partial charge in [-0.25, -0.2) is 4.98 Å². The van der Waals surface area contributed by atoms with Crippen molar-refractivity contribution >= 4 is 11.0 Å². The maximum atomic E-state index is 11.8. The Morgan fingerprint density at radius 1 is 1.37 bits per heavy atom. The number of H-pyrrole nitrogens is 1. The van der Waals surface area contributed by atoms with E-state index in [-0.39, 0.29) is 5.43 Å². The van der Waals surface area contributed by atoms with Crippen molar-refractivity contribution in [2.24, 2.45) is 7.05 Å². The topological polar surface area (TPSA) is 74.5 Å². The molecule has 0 amide bonds. The predicted molar refractivity (Wildman–Crippen MR) is 71.5 cm³/mol. The number of aryl methyl sites for hydroxylation is 1. The fourth-order valence-electron chi connectivity index (χ4n) is 2.10. The molecule has 2 aromatic heterocycles. The van der Waals surface area contributed by atoms with Crippen LogP contribution in [-0.2, 0) is 7.05 Å². The summed E-state index contributed by atoms with van der Waals surface area (Å²) in [5.74, 6) is 0.590. The number of benzene rings is 1. The summed E-state index contributed by atoms with van der Waals surface area (Å²) < 4.78 is 1.85. The van der Waals surface area contributed by atoms with E-state index in [2.05, 4.69) is 16.0 Å². The molecule has 0 saturated carbocycles. The van der Waals surface area contributed by atoms with E-state index in [1.165, 1.54) is 6.07 Å². The molecular formula is C14H10N4O. The number of fused-ring (bicyclic) bond motifs is 1. The number of nitrogens with one attached hydrogen (secondary N) is 1. The Balaban J connectivity index is 2.32. The molecule has 1 aromatic carbocycles. The van der Waals surface area contributed by atoms with Gasteiger partial charge >= 0.3 is 0 Å². The first-order chi connectivity index (χ1) is 9.20. The summed E-state index contributed by atoms with van der Waals surface area (Å²) in [6.45, 7) is 0. The smallest absolute Gasteiger partial charge is 0.192 e. The van der Waals surface area contributed by atoms with Crippen LogP contribution in [0.25, 0.3) is 22.4 Å². The number of hydrogen-bond acceptors (Lipinski definition) is 3. The Bertz CT molecular complexity index is 867. The molecular weight excluding hydrogens is 240 g/mol. The number of pyridine rings is 1. The van der Waals surface area contributed by atoms with Gasteiger partial charge in [0.1, 0.15) is 5.82 Å². The van der Waals surface area contributed by atoms with E-state index in [1.807, 2.05) is 17.7 Å². The second kappa shape index (κ2) is 4.10. The molecule has 1 N–H and O–H groups in total. The molecule has 0 aliphatic carbocycles. The monoisotopic (exact) mass is 250 g/mol. The highest BCUT2D eigenvalue weighted by Gasteiger charge is 2.12. The Morgan fingerprint density at radius 2 is 2.21 bits per heavy atom. The molecule has 0 fully saturated rings. The Kier molecular flexibility index (Phi) is 2.43. The van der Waals surface area contributed by atoms with Crippen LogP contribution in [0.1, 0.15) is 5.56 Å². The van der Waals surface area contributed by atoms with Crippen LogP contribution in [0.4, 0.5) is 0 Å². The third-order valence-electron chi connectivity index (χ3n) is 3.07. The van der Waals surface area contributed by atoms with Crippen LogP contribution < -0.4 is 5.43 Å². The number of nitrogens with zero attached hydrogens (tertiary/aromatic N) is 3. The van der Waals surface area contributed by atoms with Crippen molar-refractivity contribution in [1.82, 2.24) is 14.5 Å². The molecule has 92 valence electrons. The lowest BCUT2D eigenvalue weighted by Gasteiger charge is -2.00. The standard InChI is InChI=1S/C14H10N4O/c1-18-12-3-2-9(7-15)6-11(12)17-14(18)10-8-16-5-4-13(10)19/h2-6,8H,1H3,(H,16,19). The molecule has 0 radical (unpaired) electrons. The Labute approximate surface area is 108 Å². The summed E-state index contributed by atoms with van der Waals surface area (Å²) in [7, 11) is 1.85. The molecule has 5 heteroatoms. The average Bonchev–Trinajstić information content (AvgIpc) is 2.76. The highest BCUT2D eigenvalue weighted by atomic mass is 16.1. The molecule has 2 heterocycles. The quantitative estimate of drug-likeness (QED) is 0.715. The normalized spacial score (nSPS) is 10.5. The van der Waals surface area contributed by atoms with Crippen LogP contribution in [0.5, 0.6) is 0 Å².